The van der Waals surface area contributed by atoms with Crippen LogP contribution in [0.3, 0.4) is 0 Å². The molecule has 2 rings (SSSR count). The SMILES string of the molecule is CCCn1ncc(NC2CCC(=O)NC2=O)c(Cl)c1=O. The lowest BCUT2D eigenvalue weighted by molar-refractivity contribution is -0.133. The average Bonchev–Trinajstić information content (AvgIpc) is 2.41. The average molecular weight is 299 g/mol. The molecule has 2 N–H and O–H groups in total. The fourth-order valence-corrected chi connectivity index (χ4v) is 2.16. The van der Waals surface area contributed by atoms with Crippen molar-refractivity contribution in [3.05, 3.63) is 21.6 Å². The molecule has 20 heavy (non-hydrogen) atoms. The van der Waals surface area contributed by atoms with Gasteiger partial charge in [-0.2, -0.15) is 5.10 Å². The number of aromatic nitrogens is 2. The molecule has 2 amide bonds. The van der Waals surface area contributed by atoms with E-state index < -0.39 is 17.5 Å². The van der Waals surface area contributed by atoms with E-state index in [-0.39, 0.29) is 17.4 Å². The summed E-state index contributed by atoms with van der Waals surface area (Å²) in [4.78, 5) is 34.6. The van der Waals surface area contributed by atoms with E-state index in [0.29, 0.717) is 18.7 Å². The van der Waals surface area contributed by atoms with Crippen LogP contribution in [0.25, 0.3) is 0 Å². The molecule has 1 aliphatic heterocycles. The van der Waals surface area contributed by atoms with Crippen LogP contribution in [0, 0.1) is 0 Å². The number of hydrogen-bond acceptors (Lipinski definition) is 5. The molecule has 108 valence electrons. The number of carbonyl (C=O) groups is 2. The molecule has 0 radical (unpaired) electrons. The first-order valence-electron chi connectivity index (χ1n) is 6.38. The normalized spacial score (nSPS) is 18.8. The maximum absolute atomic E-state index is 11.9. The van der Waals surface area contributed by atoms with Gasteiger partial charge in [-0.05, 0) is 12.8 Å². The van der Waals surface area contributed by atoms with E-state index in [1.54, 1.807) is 0 Å². The Hall–Kier alpha value is -1.89. The van der Waals surface area contributed by atoms with Crippen LogP contribution < -0.4 is 16.2 Å². The van der Waals surface area contributed by atoms with Gasteiger partial charge in [0.15, 0.2) is 0 Å². The Morgan fingerprint density at radius 1 is 1.50 bits per heavy atom. The summed E-state index contributed by atoms with van der Waals surface area (Å²) in [6.07, 6.45) is 2.80. The molecule has 1 aromatic rings. The van der Waals surface area contributed by atoms with Crippen molar-refractivity contribution in [2.24, 2.45) is 0 Å². The number of aryl methyl sites for hydroxylation is 1. The third-order valence-electron chi connectivity index (χ3n) is 2.99. The van der Waals surface area contributed by atoms with Crippen molar-refractivity contribution in [1.29, 1.82) is 0 Å². The van der Waals surface area contributed by atoms with Crippen molar-refractivity contribution in [1.82, 2.24) is 15.1 Å². The molecular weight excluding hydrogens is 284 g/mol. The highest BCUT2D eigenvalue weighted by Crippen LogP contribution is 2.19. The molecule has 0 spiro atoms. The van der Waals surface area contributed by atoms with Crippen molar-refractivity contribution >= 4 is 29.1 Å². The van der Waals surface area contributed by atoms with Crippen LogP contribution in [0.5, 0.6) is 0 Å². The van der Waals surface area contributed by atoms with E-state index in [9.17, 15) is 14.4 Å². The number of nitrogens with zero attached hydrogens (tertiary/aromatic N) is 2. The van der Waals surface area contributed by atoms with Crippen LogP contribution in [-0.4, -0.2) is 27.6 Å². The standard InChI is InChI=1S/C12H15ClN4O3/c1-2-5-17-12(20)10(13)8(6-14-17)15-7-3-4-9(18)16-11(7)19/h6-7,15H,2-5H2,1H3,(H,16,18,19). The molecule has 8 heteroatoms. The third-order valence-corrected chi connectivity index (χ3v) is 3.35. The minimum absolute atomic E-state index is 0.00171. The van der Waals surface area contributed by atoms with E-state index in [0.717, 1.165) is 6.42 Å². The monoisotopic (exact) mass is 298 g/mol. The summed E-state index contributed by atoms with van der Waals surface area (Å²) < 4.78 is 1.28. The van der Waals surface area contributed by atoms with Gasteiger partial charge in [0.25, 0.3) is 5.56 Å². The van der Waals surface area contributed by atoms with E-state index in [4.69, 9.17) is 11.6 Å². The van der Waals surface area contributed by atoms with Gasteiger partial charge in [0, 0.05) is 13.0 Å². The van der Waals surface area contributed by atoms with Crippen LogP contribution in [0.2, 0.25) is 5.02 Å². The third kappa shape index (κ3) is 2.98. The topological polar surface area (TPSA) is 93.1 Å². The number of piperidine rings is 1. The Balaban J connectivity index is 2.18. The Bertz CT molecular complexity index is 599. The highest BCUT2D eigenvalue weighted by atomic mass is 35.5. The molecule has 1 aliphatic rings. The summed E-state index contributed by atoms with van der Waals surface area (Å²) in [5.74, 6) is -0.717. The fraction of sp³-hybridized carbons (Fsp3) is 0.500. The zero-order valence-corrected chi connectivity index (χ0v) is 11.7. The predicted molar refractivity (Wildman–Crippen MR) is 73.6 cm³/mol. The Morgan fingerprint density at radius 3 is 2.90 bits per heavy atom. The molecule has 0 bridgehead atoms. The molecule has 1 atom stereocenters. The van der Waals surface area contributed by atoms with Crippen molar-refractivity contribution in [3.8, 4) is 0 Å². The highest BCUT2D eigenvalue weighted by molar-refractivity contribution is 6.33. The minimum Gasteiger partial charge on any atom is -0.371 e. The molecule has 2 heterocycles. The molecule has 1 saturated heterocycles. The predicted octanol–water partition coefficient (Wildman–Crippen LogP) is 0.524. The van der Waals surface area contributed by atoms with E-state index in [1.165, 1.54) is 10.9 Å². The Labute approximate surface area is 120 Å². The molecular formula is C12H15ClN4O3. The molecule has 0 aliphatic carbocycles. The van der Waals surface area contributed by atoms with E-state index in [2.05, 4.69) is 15.7 Å². The molecule has 1 unspecified atom stereocenters. The van der Waals surface area contributed by atoms with Crippen LogP contribution in [0.15, 0.2) is 11.0 Å². The van der Waals surface area contributed by atoms with Gasteiger partial charge >= 0.3 is 0 Å². The lowest BCUT2D eigenvalue weighted by Crippen LogP contribution is -2.47. The first-order chi connectivity index (χ1) is 9.52. The van der Waals surface area contributed by atoms with Crippen molar-refractivity contribution in [3.63, 3.8) is 0 Å². The van der Waals surface area contributed by atoms with Gasteiger partial charge in [0.2, 0.25) is 11.8 Å². The van der Waals surface area contributed by atoms with Crippen molar-refractivity contribution < 1.29 is 9.59 Å². The van der Waals surface area contributed by atoms with Gasteiger partial charge in [-0.25, -0.2) is 4.68 Å². The molecule has 0 aromatic carbocycles. The second kappa shape index (κ2) is 6.04. The largest absolute Gasteiger partial charge is 0.371 e. The number of imide groups is 1. The molecule has 1 fully saturated rings. The van der Waals surface area contributed by atoms with Gasteiger partial charge in [0.1, 0.15) is 11.1 Å². The summed E-state index contributed by atoms with van der Waals surface area (Å²) >= 11 is 6.00. The quantitative estimate of drug-likeness (QED) is 0.791. The lowest BCUT2D eigenvalue weighted by atomic mass is 10.1. The second-order valence-corrected chi connectivity index (χ2v) is 4.93. The minimum atomic E-state index is -0.589. The maximum Gasteiger partial charge on any atom is 0.287 e. The number of carbonyl (C=O) groups excluding carboxylic acids is 2. The van der Waals surface area contributed by atoms with Crippen LogP contribution in [0.4, 0.5) is 5.69 Å². The Kier molecular flexibility index (Phi) is 4.39. The van der Waals surface area contributed by atoms with Gasteiger partial charge in [-0.15, -0.1) is 0 Å². The van der Waals surface area contributed by atoms with Gasteiger partial charge < -0.3 is 5.32 Å². The van der Waals surface area contributed by atoms with Gasteiger partial charge in [-0.1, -0.05) is 18.5 Å². The van der Waals surface area contributed by atoms with E-state index >= 15 is 0 Å². The number of nitrogens with one attached hydrogen (secondary N) is 2. The first kappa shape index (κ1) is 14.5. The molecule has 0 saturated carbocycles. The summed E-state index contributed by atoms with van der Waals surface area (Å²) in [6.45, 7) is 2.41. The van der Waals surface area contributed by atoms with Crippen LogP contribution in [0.1, 0.15) is 26.2 Å². The number of rotatable bonds is 4. The summed E-state index contributed by atoms with van der Waals surface area (Å²) in [5.41, 5.74) is -0.0932. The first-order valence-corrected chi connectivity index (χ1v) is 6.76. The molecule has 1 aromatic heterocycles. The van der Waals surface area contributed by atoms with Gasteiger partial charge in [0.05, 0.1) is 11.9 Å². The van der Waals surface area contributed by atoms with Gasteiger partial charge in [-0.3, -0.25) is 19.7 Å². The van der Waals surface area contributed by atoms with Crippen molar-refractivity contribution in [2.45, 2.75) is 38.8 Å². The number of halogens is 1. The highest BCUT2D eigenvalue weighted by Gasteiger charge is 2.27. The lowest BCUT2D eigenvalue weighted by Gasteiger charge is -2.23. The van der Waals surface area contributed by atoms with Crippen LogP contribution >= 0.6 is 11.6 Å². The smallest absolute Gasteiger partial charge is 0.287 e. The summed E-state index contributed by atoms with van der Waals surface area (Å²) in [6, 6.07) is -0.589. The fourth-order valence-electron chi connectivity index (χ4n) is 1.96. The maximum atomic E-state index is 11.9. The second-order valence-electron chi connectivity index (χ2n) is 4.55. The number of amides is 2. The summed E-state index contributed by atoms with van der Waals surface area (Å²) in [7, 11) is 0. The zero-order valence-electron chi connectivity index (χ0n) is 11.0. The Morgan fingerprint density at radius 2 is 2.25 bits per heavy atom. The van der Waals surface area contributed by atoms with Crippen LogP contribution in [-0.2, 0) is 16.1 Å². The van der Waals surface area contributed by atoms with E-state index in [1.807, 2.05) is 6.92 Å². The zero-order chi connectivity index (χ0) is 14.7. The summed E-state index contributed by atoms with van der Waals surface area (Å²) in [5, 5.41) is 9.08. The number of anilines is 1. The molecule has 7 nitrogen and oxygen atoms in total. The van der Waals surface area contributed by atoms with Crippen molar-refractivity contribution in [2.75, 3.05) is 5.32 Å². The number of hydrogen-bond donors (Lipinski definition) is 2.